The van der Waals surface area contributed by atoms with E-state index in [0.29, 0.717) is 11.4 Å². The van der Waals surface area contributed by atoms with Crippen LogP contribution >= 0.6 is 11.6 Å². The van der Waals surface area contributed by atoms with Crippen molar-refractivity contribution in [2.75, 3.05) is 7.11 Å². The zero-order chi connectivity index (χ0) is 16.0. The van der Waals surface area contributed by atoms with Gasteiger partial charge in [-0.2, -0.15) is 0 Å². The van der Waals surface area contributed by atoms with Crippen LogP contribution in [0.25, 0.3) is 0 Å². The number of nitrogens with one attached hydrogen (secondary N) is 1. The van der Waals surface area contributed by atoms with Crippen molar-refractivity contribution in [3.8, 4) is 0 Å². The maximum atomic E-state index is 11.8. The van der Waals surface area contributed by atoms with E-state index in [-0.39, 0.29) is 0 Å². The number of alkyl carbamates (subject to hydrolysis) is 1. The molecule has 0 saturated heterocycles. The van der Waals surface area contributed by atoms with Crippen molar-refractivity contribution in [2.24, 2.45) is 0 Å². The number of carbonyl (C=O) groups is 2. The third kappa shape index (κ3) is 5.63. The Hall–Kier alpha value is -1.75. The van der Waals surface area contributed by atoms with E-state index >= 15 is 0 Å². The maximum absolute atomic E-state index is 11.8. The molecule has 0 bridgehead atoms. The molecule has 0 spiro atoms. The third-order valence-electron chi connectivity index (χ3n) is 2.57. The van der Waals surface area contributed by atoms with Crippen LogP contribution in [0.2, 0.25) is 0 Å². The Morgan fingerprint density at radius 3 is 2.24 bits per heavy atom. The summed E-state index contributed by atoms with van der Waals surface area (Å²) in [6.07, 6.45) is -0.681. The molecule has 116 valence electrons. The van der Waals surface area contributed by atoms with Gasteiger partial charge in [0.2, 0.25) is 0 Å². The lowest BCUT2D eigenvalue weighted by Gasteiger charge is -2.22. The van der Waals surface area contributed by atoms with E-state index in [1.165, 1.54) is 7.11 Å². The lowest BCUT2D eigenvalue weighted by Crippen LogP contribution is -2.38. The summed E-state index contributed by atoms with van der Waals surface area (Å²) in [4.78, 5) is 23.7. The van der Waals surface area contributed by atoms with E-state index in [1.807, 2.05) is 0 Å². The monoisotopic (exact) mass is 313 g/mol. The number of esters is 1. The SMILES string of the molecule is COC(=O)C(NC(=O)OC(C)(C)C)c1ccc(CCl)cc1. The summed E-state index contributed by atoms with van der Waals surface area (Å²) in [5, 5.41) is 2.51. The quantitative estimate of drug-likeness (QED) is 0.685. The molecule has 0 radical (unpaired) electrons. The molecule has 0 fully saturated rings. The van der Waals surface area contributed by atoms with Crippen LogP contribution in [0.15, 0.2) is 24.3 Å². The molecular weight excluding hydrogens is 294 g/mol. The molecule has 6 heteroatoms. The zero-order valence-electron chi connectivity index (χ0n) is 12.6. The van der Waals surface area contributed by atoms with Gasteiger partial charge >= 0.3 is 12.1 Å². The highest BCUT2D eigenvalue weighted by molar-refractivity contribution is 6.17. The smallest absolute Gasteiger partial charge is 0.408 e. The summed E-state index contributed by atoms with van der Waals surface area (Å²) < 4.78 is 9.87. The second-order valence-electron chi connectivity index (χ2n) is 5.48. The fourth-order valence-corrected chi connectivity index (χ4v) is 1.80. The molecule has 1 aromatic carbocycles. The first-order chi connectivity index (χ1) is 9.76. The number of hydrogen-bond donors (Lipinski definition) is 1. The van der Waals surface area contributed by atoms with Gasteiger partial charge in [-0.25, -0.2) is 9.59 Å². The van der Waals surface area contributed by atoms with E-state index in [4.69, 9.17) is 21.1 Å². The van der Waals surface area contributed by atoms with E-state index in [2.05, 4.69) is 5.32 Å². The van der Waals surface area contributed by atoms with E-state index < -0.39 is 23.7 Å². The van der Waals surface area contributed by atoms with Crippen molar-refractivity contribution in [1.29, 1.82) is 0 Å². The van der Waals surface area contributed by atoms with Gasteiger partial charge in [0.25, 0.3) is 0 Å². The molecule has 0 aliphatic carbocycles. The van der Waals surface area contributed by atoms with Crippen LogP contribution in [-0.4, -0.2) is 24.8 Å². The summed E-state index contributed by atoms with van der Waals surface area (Å²) in [6.45, 7) is 5.24. The van der Waals surface area contributed by atoms with Gasteiger partial charge < -0.3 is 14.8 Å². The minimum atomic E-state index is -0.922. The fourth-order valence-electron chi connectivity index (χ4n) is 1.62. The van der Waals surface area contributed by atoms with Crippen molar-refractivity contribution >= 4 is 23.7 Å². The molecule has 1 atom stereocenters. The molecule has 0 aliphatic rings. The van der Waals surface area contributed by atoms with Crippen molar-refractivity contribution < 1.29 is 19.1 Å². The summed E-state index contributed by atoms with van der Waals surface area (Å²) in [7, 11) is 1.26. The van der Waals surface area contributed by atoms with E-state index in [0.717, 1.165) is 5.56 Å². The maximum Gasteiger partial charge on any atom is 0.408 e. The van der Waals surface area contributed by atoms with E-state index in [1.54, 1.807) is 45.0 Å². The largest absolute Gasteiger partial charge is 0.467 e. The minimum Gasteiger partial charge on any atom is -0.467 e. The van der Waals surface area contributed by atoms with Gasteiger partial charge in [0, 0.05) is 5.88 Å². The molecule has 21 heavy (non-hydrogen) atoms. The average Bonchev–Trinajstić information content (AvgIpc) is 2.42. The van der Waals surface area contributed by atoms with Crippen LogP contribution in [0, 0.1) is 0 Å². The van der Waals surface area contributed by atoms with Gasteiger partial charge in [-0.1, -0.05) is 24.3 Å². The zero-order valence-corrected chi connectivity index (χ0v) is 13.4. The summed E-state index contributed by atoms with van der Waals surface area (Å²) in [5.41, 5.74) is 0.871. The van der Waals surface area contributed by atoms with Gasteiger partial charge in [-0.3, -0.25) is 0 Å². The summed E-state index contributed by atoms with van der Waals surface area (Å²) >= 11 is 5.72. The number of methoxy groups -OCH3 is 1. The highest BCUT2D eigenvalue weighted by atomic mass is 35.5. The number of amides is 1. The molecule has 1 aromatic rings. The molecule has 1 amide bonds. The van der Waals surface area contributed by atoms with Crippen molar-refractivity contribution in [1.82, 2.24) is 5.32 Å². The fraction of sp³-hybridized carbons (Fsp3) is 0.467. The molecule has 0 aliphatic heterocycles. The highest BCUT2D eigenvalue weighted by Crippen LogP contribution is 2.17. The van der Waals surface area contributed by atoms with Gasteiger partial charge in [0.15, 0.2) is 6.04 Å². The first kappa shape index (κ1) is 17.3. The molecule has 5 nitrogen and oxygen atoms in total. The van der Waals surface area contributed by atoms with Crippen molar-refractivity contribution in [2.45, 2.75) is 38.3 Å². The average molecular weight is 314 g/mol. The third-order valence-corrected chi connectivity index (χ3v) is 2.87. The Kier molecular flexibility index (Phi) is 6.03. The number of ether oxygens (including phenoxy) is 2. The summed E-state index contributed by atoms with van der Waals surface area (Å²) in [6, 6.07) is 6.09. The molecule has 1 rings (SSSR count). The number of alkyl halides is 1. The number of halogens is 1. The molecule has 1 unspecified atom stereocenters. The van der Waals surface area contributed by atoms with Crippen LogP contribution in [0.3, 0.4) is 0 Å². The Labute approximate surface area is 129 Å². The predicted molar refractivity (Wildman–Crippen MR) is 80.1 cm³/mol. The lowest BCUT2D eigenvalue weighted by atomic mass is 10.1. The van der Waals surface area contributed by atoms with Gasteiger partial charge in [-0.05, 0) is 31.9 Å². The Morgan fingerprint density at radius 1 is 1.24 bits per heavy atom. The van der Waals surface area contributed by atoms with Crippen molar-refractivity contribution in [3.05, 3.63) is 35.4 Å². The van der Waals surface area contributed by atoms with E-state index in [9.17, 15) is 9.59 Å². The Balaban J connectivity index is 2.90. The second-order valence-corrected chi connectivity index (χ2v) is 5.74. The normalized spacial score (nSPS) is 12.4. The molecule has 1 N–H and O–H groups in total. The first-order valence-electron chi connectivity index (χ1n) is 6.49. The highest BCUT2D eigenvalue weighted by Gasteiger charge is 2.26. The number of hydrogen-bond acceptors (Lipinski definition) is 4. The van der Waals surface area contributed by atoms with Gasteiger partial charge in [0.05, 0.1) is 7.11 Å². The molecule has 0 aromatic heterocycles. The lowest BCUT2D eigenvalue weighted by molar-refractivity contribution is -0.143. The molecular formula is C15H20ClNO4. The van der Waals surface area contributed by atoms with Crippen LogP contribution in [0.1, 0.15) is 37.9 Å². The number of rotatable bonds is 4. The van der Waals surface area contributed by atoms with Gasteiger partial charge in [-0.15, -0.1) is 11.6 Å². The first-order valence-corrected chi connectivity index (χ1v) is 7.02. The topological polar surface area (TPSA) is 64.6 Å². The molecule has 0 saturated carbocycles. The van der Waals surface area contributed by atoms with Crippen LogP contribution in [0.4, 0.5) is 4.79 Å². The van der Waals surface area contributed by atoms with Crippen molar-refractivity contribution in [3.63, 3.8) is 0 Å². The van der Waals surface area contributed by atoms with Crippen LogP contribution in [-0.2, 0) is 20.1 Å². The summed E-state index contributed by atoms with van der Waals surface area (Å²) in [5.74, 6) is -0.192. The predicted octanol–water partition coefficient (Wildman–Crippen LogP) is 3.16. The van der Waals surface area contributed by atoms with Gasteiger partial charge in [0.1, 0.15) is 5.60 Å². The molecule has 0 heterocycles. The Bertz CT molecular complexity index is 493. The number of benzene rings is 1. The van der Waals surface area contributed by atoms with Crippen LogP contribution in [0.5, 0.6) is 0 Å². The standard InChI is InChI=1S/C15H20ClNO4/c1-15(2,3)21-14(19)17-12(13(18)20-4)11-7-5-10(9-16)6-8-11/h5-8,12H,9H2,1-4H3,(H,17,19). The minimum absolute atomic E-state index is 0.378. The Morgan fingerprint density at radius 2 is 1.81 bits per heavy atom. The second kappa shape index (κ2) is 7.31. The van der Waals surface area contributed by atoms with Crippen LogP contribution < -0.4 is 5.32 Å². The number of carbonyl (C=O) groups excluding carboxylic acids is 2.